The van der Waals surface area contributed by atoms with Gasteiger partial charge in [0, 0.05) is 24.7 Å². The molecule has 2 aromatic carbocycles. The molecule has 0 bridgehead atoms. The number of amides is 1. The first kappa shape index (κ1) is 16.0. The van der Waals surface area contributed by atoms with E-state index in [0.717, 1.165) is 22.5 Å². The Hall–Kier alpha value is -3.47. The van der Waals surface area contributed by atoms with Crippen LogP contribution in [0, 0.1) is 0 Å². The Labute approximate surface area is 151 Å². The van der Waals surface area contributed by atoms with Gasteiger partial charge in [-0.15, -0.1) is 0 Å². The summed E-state index contributed by atoms with van der Waals surface area (Å²) in [4.78, 5) is 21.0. The molecule has 0 fully saturated rings. The Bertz CT molecular complexity index is 1030. The minimum absolute atomic E-state index is 0.0512. The minimum Gasteiger partial charge on any atom is -0.325 e. The average molecular weight is 342 g/mol. The standard InChI is InChI=1S/C21H18N4O/c26-21(23-16-7-6-14-22-15-16)13-12-20-24-18-10-4-5-11-19(18)25(20)17-8-2-1-3-9-17/h1-11,14-15H,12-13H2,(H,23,26). The van der Waals surface area contributed by atoms with E-state index in [-0.39, 0.29) is 5.91 Å². The predicted octanol–water partition coefficient (Wildman–Crippen LogP) is 3.99. The van der Waals surface area contributed by atoms with Crippen LogP contribution in [0.4, 0.5) is 5.69 Å². The van der Waals surface area contributed by atoms with E-state index < -0.39 is 0 Å². The molecule has 1 amide bonds. The molecule has 0 atom stereocenters. The third kappa shape index (κ3) is 3.32. The summed E-state index contributed by atoms with van der Waals surface area (Å²) >= 11 is 0. The SMILES string of the molecule is O=C(CCc1nc2ccccc2n1-c1ccccc1)Nc1cccnc1. The summed E-state index contributed by atoms with van der Waals surface area (Å²) in [5.74, 6) is 0.823. The lowest BCUT2D eigenvalue weighted by molar-refractivity contribution is -0.116. The van der Waals surface area contributed by atoms with E-state index in [1.54, 1.807) is 18.5 Å². The summed E-state index contributed by atoms with van der Waals surface area (Å²) in [6.45, 7) is 0. The van der Waals surface area contributed by atoms with Gasteiger partial charge in [0.05, 0.1) is 22.9 Å². The van der Waals surface area contributed by atoms with Gasteiger partial charge in [0.25, 0.3) is 0 Å². The van der Waals surface area contributed by atoms with Crippen LogP contribution in [-0.4, -0.2) is 20.4 Å². The highest BCUT2D eigenvalue weighted by atomic mass is 16.1. The van der Waals surface area contributed by atoms with E-state index in [4.69, 9.17) is 4.98 Å². The summed E-state index contributed by atoms with van der Waals surface area (Å²) < 4.78 is 2.12. The van der Waals surface area contributed by atoms with Crippen molar-refractivity contribution in [1.29, 1.82) is 0 Å². The number of hydrogen-bond donors (Lipinski definition) is 1. The lowest BCUT2D eigenvalue weighted by atomic mass is 10.2. The molecule has 0 aliphatic heterocycles. The molecule has 2 aromatic heterocycles. The Morgan fingerprint density at radius 2 is 1.77 bits per heavy atom. The number of fused-ring (bicyclic) bond motifs is 1. The molecule has 0 saturated heterocycles. The first-order valence-electron chi connectivity index (χ1n) is 8.53. The molecule has 5 nitrogen and oxygen atoms in total. The number of carbonyl (C=O) groups is 1. The van der Waals surface area contributed by atoms with Crippen molar-refractivity contribution < 1.29 is 4.79 Å². The van der Waals surface area contributed by atoms with Gasteiger partial charge in [0.15, 0.2) is 0 Å². The fourth-order valence-electron chi connectivity index (χ4n) is 2.99. The van der Waals surface area contributed by atoms with Gasteiger partial charge < -0.3 is 5.32 Å². The molecule has 0 aliphatic carbocycles. The molecule has 2 heterocycles. The second-order valence-electron chi connectivity index (χ2n) is 5.98. The van der Waals surface area contributed by atoms with Crippen molar-refractivity contribution in [3.8, 4) is 5.69 Å². The summed E-state index contributed by atoms with van der Waals surface area (Å²) in [6.07, 6.45) is 4.22. The van der Waals surface area contributed by atoms with Crippen molar-refractivity contribution in [2.24, 2.45) is 0 Å². The normalized spacial score (nSPS) is 10.8. The quantitative estimate of drug-likeness (QED) is 0.596. The fraction of sp³-hybridized carbons (Fsp3) is 0.0952. The minimum atomic E-state index is -0.0512. The number of pyridine rings is 1. The highest BCUT2D eigenvalue weighted by Crippen LogP contribution is 2.22. The number of nitrogens with one attached hydrogen (secondary N) is 1. The summed E-state index contributed by atoms with van der Waals surface area (Å²) in [7, 11) is 0. The maximum absolute atomic E-state index is 12.3. The molecular formula is C21H18N4O. The summed E-state index contributed by atoms with van der Waals surface area (Å²) in [5, 5.41) is 2.87. The van der Waals surface area contributed by atoms with E-state index in [9.17, 15) is 4.79 Å². The third-order valence-corrected chi connectivity index (χ3v) is 4.17. The van der Waals surface area contributed by atoms with Gasteiger partial charge in [0.2, 0.25) is 5.91 Å². The zero-order valence-corrected chi connectivity index (χ0v) is 14.2. The van der Waals surface area contributed by atoms with E-state index in [2.05, 4.69) is 20.9 Å². The van der Waals surface area contributed by atoms with Gasteiger partial charge in [-0.3, -0.25) is 14.3 Å². The van der Waals surface area contributed by atoms with Gasteiger partial charge in [-0.25, -0.2) is 4.98 Å². The Morgan fingerprint density at radius 3 is 2.58 bits per heavy atom. The van der Waals surface area contributed by atoms with Crippen LogP contribution in [-0.2, 0) is 11.2 Å². The second kappa shape index (κ2) is 7.19. The molecule has 0 saturated carbocycles. The number of carbonyl (C=O) groups excluding carboxylic acids is 1. The molecule has 0 aliphatic rings. The van der Waals surface area contributed by atoms with Crippen molar-refractivity contribution in [3.63, 3.8) is 0 Å². The molecule has 1 N–H and O–H groups in total. The zero-order chi connectivity index (χ0) is 17.8. The van der Waals surface area contributed by atoms with Crippen molar-refractivity contribution in [2.45, 2.75) is 12.8 Å². The van der Waals surface area contributed by atoms with Crippen LogP contribution in [0.5, 0.6) is 0 Å². The van der Waals surface area contributed by atoms with Gasteiger partial charge in [0.1, 0.15) is 5.82 Å². The number of rotatable bonds is 5. The molecule has 0 unspecified atom stereocenters. The molecule has 128 valence electrons. The van der Waals surface area contributed by atoms with Crippen molar-refractivity contribution in [3.05, 3.63) is 84.9 Å². The van der Waals surface area contributed by atoms with Crippen molar-refractivity contribution in [1.82, 2.24) is 14.5 Å². The predicted molar refractivity (Wildman–Crippen MR) is 102 cm³/mol. The monoisotopic (exact) mass is 342 g/mol. The number of nitrogens with zero attached hydrogens (tertiary/aromatic N) is 3. The maximum atomic E-state index is 12.3. The topological polar surface area (TPSA) is 59.8 Å². The highest BCUT2D eigenvalue weighted by molar-refractivity contribution is 5.90. The van der Waals surface area contributed by atoms with E-state index in [0.29, 0.717) is 18.5 Å². The number of anilines is 1. The largest absolute Gasteiger partial charge is 0.325 e. The number of aryl methyl sites for hydroxylation is 1. The summed E-state index contributed by atoms with van der Waals surface area (Å²) in [6, 6.07) is 21.7. The van der Waals surface area contributed by atoms with Crippen LogP contribution in [0.1, 0.15) is 12.2 Å². The molecule has 0 radical (unpaired) electrons. The number of para-hydroxylation sites is 3. The third-order valence-electron chi connectivity index (χ3n) is 4.17. The molecule has 26 heavy (non-hydrogen) atoms. The lowest BCUT2D eigenvalue weighted by Gasteiger charge is -2.09. The highest BCUT2D eigenvalue weighted by Gasteiger charge is 2.13. The summed E-state index contributed by atoms with van der Waals surface area (Å²) in [5.41, 5.74) is 3.72. The molecule has 4 aromatic rings. The lowest BCUT2D eigenvalue weighted by Crippen LogP contribution is -2.14. The Morgan fingerprint density at radius 1 is 0.962 bits per heavy atom. The van der Waals surface area contributed by atoms with Gasteiger partial charge in [-0.2, -0.15) is 0 Å². The molecule has 4 rings (SSSR count). The number of benzene rings is 2. The average Bonchev–Trinajstić information content (AvgIpc) is 3.06. The van der Waals surface area contributed by atoms with Crippen LogP contribution < -0.4 is 5.32 Å². The van der Waals surface area contributed by atoms with E-state index >= 15 is 0 Å². The second-order valence-corrected chi connectivity index (χ2v) is 5.98. The van der Waals surface area contributed by atoms with Crippen LogP contribution in [0.3, 0.4) is 0 Å². The molecule has 0 spiro atoms. The van der Waals surface area contributed by atoms with Crippen LogP contribution in [0.2, 0.25) is 0 Å². The van der Waals surface area contributed by atoms with E-state index in [1.807, 2.05) is 54.6 Å². The number of hydrogen-bond acceptors (Lipinski definition) is 3. The van der Waals surface area contributed by atoms with Gasteiger partial charge >= 0.3 is 0 Å². The first-order valence-corrected chi connectivity index (χ1v) is 8.53. The molecular weight excluding hydrogens is 324 g/mol. The number of imidazole rings is 1. The fourth-order valence-corrected chi connectivity index (χ4v) is 2.99. The van der Waals surface area contributed by atoms with Crippen molar-refractivity contribution >= 4 is 22.6 Å². The maximum Gasteiger partial charge on any atom is 0.224 e. The molecule has 5 heteroatoms. The van der Waals surface area contributed by atoms with Crippen LogP contribution in [0.15, 0.2) is 79.1 Å². The Kier molecular flexibility index (Phi) is 4.43. The smallest absolute Gasteiger partial charge is 0.224 e. The number of aromatic nitrogens is 3. The Balaban J connectivity index is 1.59. The first-order chi connectivity index (χ1) is 12.8. The van der Waals surface area contributed by atoms with Crippen LogP contribution >= 0.6 is 0 Å². The van der Waals surface area contributed by atoms with Crippen molar-refractivity contribution in [2.75, 3.05) is 5.32 Å². The van der Waals surface area contributed by atoms with E-state index in [1.165, 1.54) is 0 Å². The van der Waals surface area contributed by atoms with Gasteiger partial charge in [-0.1, -0.05) is 30.3 Å². The van der Waals surface area contributed by atoms with Gasteiger partial charge in [-0.05, 0) is 36.4 Å². The zero-order valence-electron chi connectivity index (χ0n) is 14.2. The van der Waals surface area contributed by atoms with Crippen LogP contribution in [0.25, 0.3) is 16.7 Å².